The lowest BCUT2D eigenvalue weighted by Crippen LogP contribution is -2.41. The minimum absolute atomic E-state index is 0.135. The van der Waals surface area contributed by atoms with E-state index in [0.29, 0.717) is 25.3 Å². The molecule has 1 aliphatic rings. The molecule has 1 heterocycles. The zero-order chi connectivity index (χ0) is 20.0. The number of sulfonamides is 1. The summed E-state index contributed by atoms with van der Waals surface area (Å²) in [7, 11) is -3.75. The molecule has 1 saturated heterocycles. The van der Waals surface area contributed by atoms with Gasteiger partial charge in [-0.2, -0.15) is 0 Å². The smallest absolute Gasteiger partial charge is 0.261 e. The molecule has 0 unspecified atom stereocenters. The van der Waals surface area contributed by atoms with Crippen LogP contribution >= 0.6 is 11.6 Å². The first-order chi connectivity index (χ1) is 13.5. The van der Waals surface area contributed by atoms with Gasteiger partial charge in [0.05, 0.1) is 28.8 Å². The molecule has 0 aliphatic carbocycles. The van der Waals surface area contributed by atoms with E-state index >= 15 is 0 Å². The van der Waals surface area contributed by atoms with E-state index in [-0.39, 0.29) is 21.5 Å². The van der Waals surface area contributed by atoms with E-state index in [2.05, 4.69) is 14.9 Å². The summed E-state index contributed by atoms with van der Waals surface area (Å²) < 4.78 is 32.5. The van der Waals surface area contributed by atoms with E-state index in [4.69, 9.17) is 16.3 Å². The van der Waals surface area contributed by atoms with Crippen LogP contribution in [0.25, 0.3) is 0 Å². The summed E-state index contributed by atoms with van der Waals surface area (Å²) in [5, 5.41) is 3.00. The van der Waals surface area contributed by atoms with Crippen molar-refractivity contribution in [2.75, 3.05) is 44.1 Å². The second-order valence-corrected chi connectivity index (χ2v) is 8.41. The first kappa shape index (κ1) is 20.6. The summed E-state index contributed by atoms with van der Waals surface area (Å²) in [6, 6.07) is 12.5. The fourth-order valence-corrected chi connectivity index (χ4v) is 4.18. The largest absolute Gasteiger partial charge is 0.379 e. The van der Waals surface area contributed by atoms with Crippen LogP contribution in [-0.4, -0.2) is 58.6 Å². The van der Waals surface area contributed by atoms with Crippen LogP contribution in [0.4, 0.5) is 5.69 Å². The van der Waals surface area contributed by atoms with E-state index < -0.39 is 10.0 Å². The van der Waals surface area contributed by atoms with E-state index in [1.165, 1.54) is 24.3 Å². The van der Waals surface area contributed by atoms with Gasteiger partial charge in [-0.15, -0.1) is 0 Å². The molecule has 0 bridgehead atoms. The van der Waals surface area contributed by atoms with Crippen molar-refractivity contribution in [2.45, 2.75) is 4.90 Å². The summed E-state index contributed by atoms with van der Waals surface area (Å²) in [4.78, 5) is 14.7. The van der Waals surface area contributed by atoms with E-state index in [1.54, 1.807) is 24.3 Å². The monoisotopic (exact) mass is 423 g/mol. The molecule has 0 atom stereocenters. The first-order valence-electron chi connectivity index (χ1n) is 8.91. The molecule has 150 valence electrons. The number of morpholine rings is 1. The van der Waals surface area contributed by atoms with Gasteiger partial charge in [-0.3, -0.25) is 14.4 Å². The Morgan fingerprint density at radius 2 is 1.82 bits per heavy atom. The molecule has 0 radical (unpaired) electrons. The minimum Gasteiger partial charge on any atom is -0.379 e. The number of halogens is 1. The fraction of sp³-hybridized carbons (Fsp3) is 0.316. The quantitative estimate of drug-likeness (QED) is 0.712. The number of ether oxygens (including phenoxy) is 1. The van der Waals surface area contributed by atoms with Crippen molar-refractivity contribution >= 4 is 33.2 Å². The van der Waals surface area contributed by atoms with Crippen LogP contribution in [0.2, 0.25) is 5.02 Å². The van der Waals surface area contributed by atoms with Crippen LogP contribution in [-0.2, 0) is 14.8 Å². The number of nitrogens with one attached hydrogen (secondary N) is 2. The van der Waals surface area contributed by atoms with Crippen LogP contribution in [0.5, 0.6) is 0 Å². The van der Waals surface area contributed by atoms with Crippen molar-refractivity contribution in [3.63, 3.8) is 0 Å². The molecule has 7 nitrogen and oxygen atoms in total. The summed E-state index contributed by atoms with van der Waals surface area (Å²) in [5.74, 6) is -0.257. The Kier molecular flexibility index (Phi) is 6.90. The number of hydrogen-bond acceptors (Lipinski definition) is 5. The Labute approximate surface area is 169 Å². The Balaban J connectivity index is 1.59. The van der Waals surface area contributed by atoms with Gasteiger partial charge in [0.2, 0.25) is 0 Å². The predicted octanol–water partition coefficient (Wildman–Crippen LogP) is 2.20. The molecular weight excluding hydrogens is 402 g/mol. The van der Waals surface area contributed by atoms with E-state index in [0.717, 1.165) is 19.6 Å². The van der Waals surface area contributed by atoms with Crippen LogP contribution in [0.3, 0.4) is 0 Å². The predicted molar refractivity (Wildman–Crippen MR) is 108 cm³/mol. The molecule has 1 aliphatic heterocycles. The first-order valence-corrected chi connectivity index (χ1v) is 10.8. The molecule has 2 aromatic carbocycles. The fourth-order valence-electron chi connectivity index (χ4n) is 2.80. The average Bonchev–Trinajstić information content (AvgIpc) is 2.71. The minimum atomic E-state index is -3.75. The van der Waals surface area contributed by atoms with Crippen LogP contribution in [0, 0.1) is 0 Å². The molecular formula is C19H22ClN3O4S. The highest BCUT2D eigenvalue weighted by Crippen LogP contribution is 2.25. The maximum atomic E-state index is 12.4. The number of rotatable bonds is 7. The van der Waals surface area contributed by atoms with Crippen molar-refractivity contribution in [2.24, 2.45) is 0 Å². The Bertz CT molecular complexity index is 916. The van der Waals surface area contributed by atoms with Gasteiger partial charge < -0.3 is 10.1 Å². The number of hydrogen-bond donors (Lipinski definition) is 2. The number of anilines is 1. The third kappa shape index (κ3) is 5.45. The van der Waals surface area contributed by atoms with Gasteiger partial charge in [-0.05, 0) is 30.3 Å². The van der Waals surface area contributed by atoms with Gasteiger partial charge in [0.25, 0.3) is 15.9 Å². The van der Waals surface area contributed by atoms with Crippen LogP contribution < -0.4 is 10.0 Å². The molecule has 0 aromatic heterocycles. The summed E-state index contributed by atoms with van der Waals surface area (Å²) in [6.45, 7) is 4.40. The summed E-state index contributed by atoms with van der Waals surface area (Å²) >= 11 is 6.19. The van der Waals surface area contributed by atoms with Gasteiger partial charge >= 0.3 is 0 Å². The number of amides is 1. The second kappa shape index (κ2) is 9.38. The molecule has 28 heavy (non-hydrogen) atoms. The molecule has 1 fully saturated rings. The highest BCUT2D eigenvalue weighted by atomic mass is 35.5. The van der Waals surface area contributed by atoms with Crippen LogP contribution in [0.1, 0.15) is 10.4 Å². The van der Waals surface area contributed by atoms with Gasteiger partial charge in [0.15, 0.2) is 0 Å². The standard InChI is InChI=1S/C19H22ClN3O4S/c20-17-14-15(19(24)21-8-9-23-10-12-27-13-11-23)6-7-18(17)22-28(25,26)16-4-2-1-3-5-16/h1-7,14,22H,8-13H2,(H,21,24). The normalized spacial score (nSPS) is 15.2. The van der Waals surface area contributed by atoms with Gasteiger partial charge in [0.1, 0.15) is 0 Å². The van der Waals surface area contributed by atoms with E-state index in [9.17, 15) is 13.2 Å². The molecule has 3 rings (SSSR count). The maximum absolute atomic E-state index is 12.4. The van der Waals surface area contributed by atoms with Gasteiger partial charge in [-0.1, -0.05) is 29.8 Å². The molecule has 0 spiro atoms. The van der Waals surface area contributed by atoms with Crippen molar-refractivity contribution < 1.29 is 17.9 Å². The summed E-state index contributed by atoms with van der Waals surface area (Å²) in [5.41, 5.74) is 0.588. The highest BCUT2D eigenvalue weighted by Gasteiger charge is 2.17. The average molecular weight is 424 g/mol. The Morgan fingerprint density at radius 3 is 2.50 bits per heavy atom. The molecule has 0 saturated carbocycles. The number of benzene rings is 2. The highest BCUT2D eigenvalue weighted by molar-refractivity contribution is 7.92. The third-order valence-corrected chi connectivity index (χ3v) is 6.04. The zero-order valence-electron chi connectivity index (χ0n) is 15.2. The lowest BCUT2D eigenvalue weighted by atomic mass is 10.2. The van der Waals surface area contributed by atoms with Gasteiger partial charge in [-0.25, -0.2) is 8.42 Å². The molecule has 9 heteroatoms. The zero-order valence-corrected chi connectivity index (χ0v) is 16.8. The SMILES string of the molecule is O=C(NCCN1CCOCC1)c1ccc(NS(=O)(=O)c2ccccc2)c(Cl)c1. The van der Waals surface area contributed by atoms with Crippen LogP contribution in [0.15, 0.2) is 53.4 Å². The molecule has 2 aromatic rings. The Hall–Kier alpha value is -2.13. The molecule has 2 N–H and O–H groups in total. The lowest BCUT2D eigenvalue weighted by molar-refractivity contribution is 0.0383. The van der Waals surface area contributed by atoms with Crippen molar-refractivity contribution in [3.8, 4) is 0 Å². The number of nitrogens with zero attached hydrogens (tertiary/aromatic N) is 1. The second-order valence-electron chi connectivity index (χ2n) is 6.32. The van der Waals surface area contributed by atoms with Gasteiger partial charge in [0, 0.05) is 31.7 Å². The number of carbonyl (C=O) groups excluding carboxylic acids is 1. The lowest BCUT2D eigenvalue weighted by Gasteiger charge is -2.26. The topological polar surface area (TPSA) is 87.7 Å². The van der Waals surface area contributed by atoms with Crippen molar-refractivity contribution in [3.05, 3.63) is 59.1 Å². The van der Waals surface area contributed by atoms with Crippen molar-refractivity contribution in [1.29, 1.82) is 0 Å². The maximum Gasteiger partial charge on any atom is 0.261 e. The number of carbonyl (C=O) groups is 1. The Morgan fingerprint density at radius 1 is 1.11 bits per heavy atom. The molecule has 1 amide bonds. The van der Waals surface area contributed by atoms with Crippen molar-refractivity contribution in [1.82, 2.24) is 10.2 Å². The van der Waals surface area contributed by atoms with E-state index in [1.807, 2.05) is 0 Å². The summed E-state index contributed by atoms with van der Waals surface area (Å²) in [6.07, 6.45) is 0. The third-order valence-electron chi connectivity index (χ3n) is 4.35.